The molecular formula is C57H38N4. The molecule has 0 N–H and O–H groups in total. The molecule has 0 saturated carbocycles. The molecule has 2 aromatic heterocycles. The van der Waals surface area contributed by atoms with Crippen molar-refractivity contribution < 1.29 is 0 Å². The van der Waals surface area contributed by atoms with Crippen LogP contribution in [-0.2, 0) is 0 Å². The Balaban J connectivity index is 1.02. The van der Waals surface area contributed by atoms with Crippen molar-refractivity contribution in [2.45, 2.75) is 6.29 Å². The summed E-state index contributed by atoms with van der Waals surface area (Å²) in [6.07, 6.45) is -0.319. The van der Waals surface area contributed by atoms with Crippen LogP contribution in [0.1, 0.15) is 17.4 Å². The van der Waals surface area contributed by atoms with Gasteiger partial charge in [0, 0.05) is 51.1 Å². The molecule has 0 radical (unpaired) electrons. The fraction of sp³-hybridized carbons (Fsp3) is 0.0351. The lowest BCUT2D eigenvalue weighted by atomic mass is 9.96. The number of hydrogen-bond donors (Lipinski definition) is 0. The van der Waals surface area contributed by atoms with E-state index in [9.17, 15) is 0 Å². The zero-order valence-corrected chi connectivity index (χ0v) is 33.5. The second kappa shape index (κ2) is 13.0. The first-order valence-electron chi connectivity index (χ1n) is 21.0. The van der Waals surface area contributed by atoms with Crippen LogP contribution in [0.15, 0.2) is 211 Å². The van der Waals surface area contributed by atoms with E-state index in [1.165, 1.54) is 81.7 Å². The molecular weight excluding hydrogens is 741 g/mol. The summed E-state index contributed by atoms with van der Waals surface area (Å²) in [6.45, 7) is 0. The number of rotatable bonds is 4. The van der Waals surface area contributed by atoms with Crippen molar-refractivity contribution in [3.63, 3.8) is 0 Å². The van der Waals surface area contributed by atoms with Crippen molar-refractivity contribution in [2.75, 3.05) is 11.9 Å². The van der Waals surface area contributed by atoms with Gasteiger partial charge in [-0.3, -0.25) is 0 Å². The van der Waals surface area contributed by atoms with Crippen LogP contribution in [0.3, 0.4) is 0 Å². The molecule has 61 heavy (non-hydrogen) atoms. The summed E-state index contributed by atoms with van der Waals surface area (Å²) in [7, 11) is 2.18. The molecule has 0 spiro atoms. The maximum atomic E-state index is 5.69. The molecule has 0 amide bonds. The standard InChI is InChI=1S/C57H38N4/c1-59-50-20-10-9-19-47(50)56(43-23-22-36-12-2-4-15-39(36)32-43)58-57(59)61-53-30-27-42(35-49(53)55-45-17-7-6-14-38(45)25-31-54(55)61)41-26-29-52-48(34-41)46-18-8-11-21-51(46)60(52)44-28-24-37-13-3-5-16-40(37)33-44/h2-35,57H,1H3. The van der Waals surface area contributed by atoms with E-state index < -0.39 is 0 Å². The van der Waals surface area contributed by atoms with Crippen LogP contribution in [0.5, 0.6) is 0 Å². The predicted molar refractivity (Wildman–Crippen MR) is 258 cm³/mol. The van der Waals surface area contributed by atoms with Crippen LogP contribution >= 0.6 is 0 Å². The number of nitrogens with zero attached hydrogens (tertiary/aromatic N) is 4. The first kappa shape index (κ1) is 34.0. The van der Waals surface area contributed by atoms with Crippen LogP contribution in [0.2, 0.25) is 0 Å². The minimum atomic E-state index is -0.319. The third-order valence-corrected chi connectivity index (χ3v) is 13.1. The Bertz CT molecular complexity index is 3810. The zero-order chi connectivity index (χ0) is 40.2. The molecule has 4 heteroatoms. The number of anilines is 1. The lowest BCUT2D eigenvalue weighted by Crippen LogP contribution is -2.33. The highest BCUT2D eigenvalue weighted by molar-refractivity contribution is 6.22. The second-order valence-corrected chi connectivity index (χ2v) is 16.4. The molecule has 1 aliphatic heterocycles. The molecule has 286 valence electrons. The summed E-state index contributed by atoms with van der Waals surface area (Å²) < 4.78 is 4.87. The molecule has 12 aromatic rings. The highest BCUT2D eigenvalue weighted by Gasteiger charge is 2.30. The summed E-state index contributed by atoms with van der Waals surface area (Å²) in [5, 5.41) is 12.4. The smallest absolute Gasteiger partial charge is 0.203 e. The Kier molecular flexibility index (Phi) is 7.25. The molecule has 0 fully saturated rings. The van der Waals surface area contributed by atoms with E-state index in [4.69, 9.17) is 4.99 Å². The highest BCUT2D eigenvalue weighted by Crippen LogP contribution is 2.44. The molecule has 13 rings (SSSR count). The Morgan fingerprint density at radius 2 is 0.967 bits per heavy atom. The van der Waals surface area contributed by atoms with Crippen molar-refractivity contribution in [2.24, 2.45) is 4.99 Å². The fourth-order valence-corrected chi connectivity index (χ4v) is 10.2. The minimum absolute atomic E-state index is 0.319. The minimum Gasteiger partial charge on any atom is -0.335 e. The van der Waals surface area contributed by atoms with Crippen molar-refractivity contribution in [3.8, 4) is 16.8 Å². The van der Waals surface area contributed by atoms with Crippen molar-refractivity contribution in [1.82, 2.24) is 9.13 Å². The summed E-state index contributed by atoms with van der Waals surface area (Å²) in [6, 6.07) is 75.5. The normalized spacial score (nSPS) is 14.2. The number of aliphatic imine (C=N–C) groups is 1. The van der Waals surface area contributed by atoms with E-state index in [-0.39, 0.29) is 6.29 Å². The number of fused-ring (bicyclic) bond motifs is 11. The number of aromatic nitrogens is 2. The quantitative estimate of drug-likeness (QED) is 0.175. The second-order valence-electron chi connectivity index (χ2n) is 16.4. The van der Waals surface area contributed by atoms with E-state index >= 15 is 0 Å². The molecule has 3 heterocycles. The van der Waals surface area contributed by atoms with Crippen molar-refractivity contribution in [1.29, 1.82) is 0 Å². The SMILES string of the molecule is CN1c2ccccc2C(c2ccc3ccccc3c2)=NC1n1c2ccc(-c3ccc4c(c3)c3ccccc3n4-c3ccc4ccccc4c3)cc2c2c3ccccc3ccc21. The average Bonchev–Trinajstić information content (AvgIpc) is 3.84. The van der Waals surface area contributed by atoms with Crippen LogP contribution < -0.4 is 4.90 Å². The van der Waals surface area contributed by atoms with Gasteiger partial charge in [0.15, 0.2) is 0 Å². The van der Waals surface area contributed by atoms with Crippen molar-refractivity contribution >= 4 is 87.3 Å². The predicted octanol–water partition coefficient (Wildman–Crippen LogP) is 14.5. The molecule has 1 aliphatic rings. The van der Waals surface area contributed by atoms with Gasteiger partial charge >= 0.3 is 0 Å². The number of para-hydroxylation sites is 2. The zero-order valence-electron chi connectivity index (χ0n) is 33.5. The third-order valence-electron chi connectivity index (χ3n) is 13.1. The Morgan fingerprint density at radius 1 is 0.393 bits per heavy atom. The monoisotopic (exact) mass is 778 g/mol. The van der Waals surface area contributed by atoms with Gasteiger partial charge in [-0.2, -0.15) is 0 Å². The van der Waals surface area contributed by atoms with Gasteiger partial charge in [0.05, 0.1) is 27.8 Å². The summed E-state index contributed by atoms with van der Waals surface area (Å²) in [4.78, 5) is 8.03. The number of benzene rings is 10. The van der Waals surface area contributed by atoms with Gasteiger partial charge < -0.3 is 14.0 Å². The largest absolute Gasteiger partial charge is 0.335 e. The molecule has 0 aliphatic carbocycles. The maximum absolute atomic E-state index is 5.69. The van der Waals surface area contributed by atoms with Crippen LogP contribution in [-0.4, -0.2) is 21.9 Å². The molecule has 1 atom stereocenters. The highest BCUT2D eigenvalue weighted by atomic mass is 15.4. The summed E-state index contributed by atoms with van der Waals surface area (Å²) in [5.41, 5.74) is 12.7. The fourth-order valence-electron chi connectivity index (χ4n) is 10.2. The van der Waals surface area contributed by atoms with Crippen molar-refractivity contribution in [3.05, 3.63) is 217 Å². The van der Waals surface area contributed by atoms with Gasteiger partial charge in [-0.25, -0.2) is 4.99 Å². The van der Waals surface area contributed by atoms with Gasteiger partial charge in [0.1, 0.15) is 0 Å². The van der Waals surface area contributed by atoms with Gasteiger partial charge in [0.25, 0.3) is 0 Å². The van der Waals surface area contributed by atoms with E-state index in [2.05, 4.69) is 227 Å². The molecule has 0 bridgehead atoms. The Hall–Kier alpha value is -7.95. The Labute approximate surface area is 352 Å². The molecule has 0 saturated heterocycles. The van der Waals surface area contributed by atoms with Crippen LogP contribution in [0.4, 0.5) is 5.69 Å². The lowest BCUT2D eigenvalue weighted by molar-refractivity contribution is 0.540. The third kappa shape index (κ3) is 5.09. The Morgan fingerprint density at radius 3 is 1.79 bits per heavy atom. The van der Waals surface area contributed by atoms with E-state index in [0.717, 1.165) is 33.6 Å². The van der Waals surface area contributed by atoms with Gasteiger partial charge in [-0.1, -0.05) is 146 Å². The topological polar surface area (TPSA) is 25.5 Å². The number of hydrogen-bond acceptors (Lipinski definition) is 2. The van der Waals surface area contributed by atoms with E-state index in [1.54, 1.807) is 0 Å². The summed E-state index contributed by atoms with van der Waals surface area (Å²) in [5.74, 6) is 0. The van der Waals surface area contributed by atoms with E-state index in [0.29, 0.717) is 0 Å². The average molecular weight is 779 g/mol. The molecule has 10 aromatic carbocycles. The van der Waals surface area contributed by atoms with Crippen LogP contribution in [0.25, 0.3) is 92.7 Å². The van der Waals surface area contributed by atoms with E-state index in [1.807, 2.05) is 0 Å². The first-order chi connectivity index (χ1) is 30.2. The summed E-state index contributed by atoms with van der Waals surface area (Å²) >= 11 is 0. The lowest BCUT2D eigenvalue weighted by Gasteiger charge is -2.35. The molecule has 1 unspecified atom stereocenters. The maximum Gasteiger partial charge on any atom is 0.203 e. The first-order valence-corrected chi connectivity index (χ1v) is 21.0. The van der Waals surface area contributed by atoms with Crippen LogP contribution in [0, 0.1) is 0 Å². The van der Waals surface area contributed by atoms with Gasteiger partial charge in [-0.15, -0.1) is 0 Å². The van der Waals surface area contributed by atoms with Gasteiger partial charge in [0.2, 0.25) is 6.29 Å². The van der Waals surface area contributed by atoms with Gasteiger partial charge in [-0.05, 0) is 104 Å². The molecule has 4 nitrogen and oxygen atoms in total.